The fourth-order valence-electron chi connectivity index (χ4n) is 2.48. The molecular weight excluding hydrogens is 270 g/mol. The topological polar surface area (TPSA) is 59.0 Å². The minimum atomic E-state index is -0.573. The van der Waals surface area contributed by atoms with Gasteiger partial charge in [0.25, 0.3) is 5.91 Å². The van der Waals surface area contributed by atoms with Crippen LogP contribution in [0.25, 0.3) is 0 Å². The predicted molar refractivity (Wildman–Crippen MR) is 79.5 cm³/mol. The summed E-state index contributed by atoms with van der Waals surface area (Å²) in [6.45, 7) is 5.06. The highest BCUT2D eigenvalue weighted by Gasteiger charge is 2.25. The number of methoxy groups -OCH3 is 1. The van der Waals surface area contributed by atoms with Gasteiger partial charge in [-0.1, -0.05) is 6.07 Å². The second-order valence-corrected chi connectivity index (χ2v) is 5.38. The molecule has 5 nitrogen and oxygen atoms in total. The summed E-state index contributed by atoms with van der Waals surface area (Å²) in [6.07, 6.45) is 1.00. The van der Waals surface area contributed by atoms with Crippen molar-refractivity contribution in [2.75, 3.05) is 20.2 Å². The second-order valence-electron chi connectivity index (χ2n) is 5.38. The molecule has 1 aliphatic rings. The molecular formula is C16H23NO4. The number of aliphatic hydroxyl groups is 1. The zero-order valence-corrected chi connectivity index (χ0v) is 12.8. The molecule has 0 saturated carbocycles. The largest absolute Gasteiger partial charge is 0.493 e. The summed E-state index contributed by atoms with van der Waals surface area (Å²) in [6, 6.07) is 5.23. The van der Waals surface area contributed by atoms with Gasteiger partial charge in [0.1, 0.15) is 0 Å². The van der Waals surface area contributed by atoms with Gasteiger partial charge in [-0.25, -0.2) is 0 Å². The summed E-state index contributed by atoms with van der Waals surface area (Å²) >= 11 is 0. The van der Waals surface area contributed by atoms with Crippen molar-refractivity contribution in [2.45, 2.75) is 38.9 Å². The minimum Gasteiger partial charge on any atom is -0.493 e. The molecule has 0 bridgehead atoms. The SMILES string of the molecule is COc1cc([C@@H](C)O)ccc1OC(C)C(=O)N1CCCC1. The number of amides is 1. The van der Waals surface area contributed by atoms with Gasteiger partial charge in [-0.15, -0.1) is 0 Å². The van der Waals surface area contributed by atoms with Gasteiger partial charge in [-0.05, 0) is 44.4 Å². The van der Waals surface area contributed by atoms with Gasteiger partial charge in [0, 0.05) is 13.1 Å². The Morgan fingerprint density at radius 3 is 2.48 bits per heavy atom. The summed E-state index contributed by atoms with van der Waals surface area (Å²) in [5, 5.41) is 9.59. The molecule has 1 unspecified atom stereocenters. The van der Waals surface area contributed by atoms with Crippen LogP contribution in [0, 0.1) is 0 Å². The van der Waals surface area contributed by atoms with Crippen molar-refractivity contribution in [3.63, 3.8) is 0 Å². The number of nitrogens with zero attached hydrogens (tertiary/aromatic N) is 1. The van der Waals surface area contributed by atoms with Crippen LogP contribution in [-0.2, 0) is 4.79 Å². The quantitative estimate of drug-likeness (QED) is 0.903. The monoisotopic (exact) mass is 293 g/mol. The van der Waals surface area contributed by atoms with E-state index in [2.05, 4.69) is 0 Å². The summed E-state index contributed by atoms with van der Waals surface area (Å²) in [4.78, 5) is 14.1. The number of hydrogen-bond acceptors (Lipinski definition) is 4. The van der Waals surface area contributed by atoms with E-state index in [1.54, 1.807) is 39.2 Å². The van der Waals surface area contributed by atoms with E-state index in [4.69, 9.17) is 9.47 Å². The van der Waals surface area contributed by atoms with Gasteiger partial charge in [0.15, 0.2) is 17.6 Å². The summed E-state index contributed by atoms with van der Waals surface area (Å²) < 4.78 is 11.0. The van der Waals surface area contributed by atoms with E-state index in [0.717, 1.165) is 31.5 Å². The molecule has 1 aliphatic heterocycles. The van der Waals surface area contributed by atoms with E-state index >= 15 is 0 Å². The smallest absolute Gasteiger partial charge is 0.263 e. The Morgan fingerprint density at radius 2 is 1.90 bits per heavy atom. The molecule has 1 amide bonds. The molecule has 1 aromatic rings. The van der Waals surface area contributed by atoms with Crippen LogP contribution in [0.2, 0.25) is 0 Å². The summed E-state index contributed by atoms with van der Waals surface area (Å²) in [5.41, 5.74) is 0.748. The maximum atomic E-state index is 12.2. The molecule has 5 heteroatoms. The highest BCUT2D eigenvalue weighted by Crippen LogP contribution is 2.31. The first-order valence-electron chi connectivity index (χ1n) is 7.34. The third-order valence-electron chi connectivity index (χ3n) is 3.74. The number of ether oxygens (including phenoxy) is 2. The van der Waals surface area contributed by atoms with Crippen LogP contribution in [0.1, 0.15) is 38.4 Å². The van der Waals surface area contributed by atoms with Crippen molar-refractivity contribution in [1.29, 1.82) is 0 Å². The first-order valence-corrected chi connectivity index (χ1v) is 7.34. The Morgan fingerprint density at radius 1 is 1.24 bits per heavy atom. The summed E-state index contributed by atoms with van der Waals surface area (Å²) in [5.74, 6) is 1.05. The minimum absolute atomic E-state index is 0.00848. The lowest BCUT2D eigenvalue weighted by molar-refractivity contribution is -0.136. The van der Waals surface area contributed by atoms with Gasteiger partial charge in [-0.3, -0.25) is 4.79 Å². The first-order chi connectivity index (χ1) is 10.0. The van der Waals surface area contributed by atoms with Gasteiger partial charge in [0.05, 0.1) is 13.2 Å². The van der Waals surface area contributed by atoms with Gasteiger partial charge >= 0.3 is 0 Å². The molecule has 0 aromatic heterocycles. The van der Waals surface area contributed by atoms with E-state index < -0.39 is 12.2 Å². The van der Waals surface area contributed by atoms with Crippen LogP contribution in [-0.4, -0.2) is 42.2 Å². The number of aliphatic hydroxyl groups excluding tert-OH is 1. The van der Waals surface area contributed by atoms with Crippen LogP contribution < -0.4 is 9.47 Å². The van der Waals surface area contributed by atoms with Crippen molar-refractivity contribution in [3.8, 4) is 11.5 Å². The van der Waals surface area contributed by atoms with Gasteiger partial charge in [-0.2, -0.15) is 0 Å². The summed E-state index contributed by atoms with van der Waals surface area (Å²) in [7, 11) is 1.54. The van der Waals surface area contributed by atoms with Crippen molar-refractivity contribution in [2.24, 2.45) is 0 Å². The van der Waals surface area contributed by atoms with Crippen LogP contribution in [0.4, 0.5) is 0 Å². The maximum Gasteiger partial charge on any atom is 0.263 e. The third-order valence-corrected chi connectivity index (χ3v) is 3.74. The highest BCUT2D eigenvalue weighted by molar-refractivity contribution is 5.81. The molecule has 1 N–H and O–H groups in total. The van der Waals surface area contributed by atoms with Gasteiger partial charge < -0.3 is 19.5 Å². The Labute approximate surface area is 125 Å². The Kier molecular flexibility index (Phi) is 5.07. The lowest BCUT2D eigenvalue weighted by Gasteiger charge is -2.22. The van der Waals surface area contributed by atoms with E-state index in [1.807, 2.05) is 4.90 Å². The van der Waals surface area contributed by atoms with Crippen LogP contribution in [0.3, 0.4) is 0 Å². The Balaban J connectivity index is 2.09. The molecule has 1 fully saturated rings. The lowest BCUT2D eigenvalue weighted by Crippen LogP contribution is -2.38. The number of carbonyl (C=O) groups is 1. The van der Waals surface area contributed by atoms with E-state index in [0.29, 0.717) is 11.5 Å². The van der Waals surface area contributed by atoms with Crippen LogP contribution >= 0.6 is 0 Å². The van der Waals surface area contributed by atoms with E-state index in [1.165, 1.54) is 0 Å². The highest BCUT2D eigenvalue weighted by atomic mass is 16.5. The predicted octanol–water partition coefficient (Wildman–Crippen LogP) is 2.14. The third kappa shape index (κ3) is 3.67. The molecule has 1 heterocycles. The molecule has 2 rings (SSSR count). The van der Waals surface area contributed by atoms with E-state index in [-0.39, 0.29) is 5.91 Å². The number of benzene rings is 1. The molecule has 0 aliphatic carbocycles. The average molecular weight is 293 g/mol. The first kappa shape index (κ1) is 15.6. The molecule has 21 heavy (non-hydrogen) atoms. The number of rotatable bonds is 5. The number of likely N-dealkylation sites (tertiary alicyclic amines) is 1. The number of hydrogen-bond donors (Lipinski definition) is 1. The molecule has 116 valence electrons. The van der Waals surface area contributed by atoms with Crippen molar-refractivity contribution in [3.05, 3.63) is 23.8 Å². The lowest BCUT2D eigenvalue weighted by atomic mass is 10.1. The zero-order chi connectivity index (χ0) is 15.4. The van der Waals surface area contributed by atoms with Crippen molar-refractivity contribution in [1.82, 2.24) is 4.90 Å². The molecule has 0 spiro atoms. The number of carbonyl (C=O) groups excluding carboxylic acids is 1. The van der Waals surface area contributed by atoms with Gasteiger partial charge in [0.2, 0.25) is 0 Å². The molecule has 2 atom stereocenters. The molecule has 0 radical (unpaired) electrons. The second kappa shape index (κ2) is 6.80. The Hall–Kier alpha value is -1.75. The fourth-order valence-corrected chi connectivity index (χ4v) is 2.48. The molecule has 1 saturated heterocycles. The average Bonchev–Trinajstić information content (AvgIpc) is 3.00. The fraction of sp³-hybridized carbons (Fsp3) is 0.562. The maximum absolute atomic E-state index is 12.2. The van der Waals surface area contributed by atoms with Crippen LogP contribution in [0.5, 0.6) is 11.5 Å². The van der Waals surface area contributed by atoms with Crippen LogP contribution in [0.15, 0.2) is 18.2 Å². The van der Waals surface area contributed by atoms with E-state index in [9.17, 15) is 9.90 Å². The molecule has 1 aromatic carbocycles. The zero-order valence-electron chi connectivity index (χ0n) is 12.8. The normalized spacial score (nSPS) is 17.4. The Bertz CT molecular complexity index is 495. The standard InChI is InChI=1S/C16H23NO4/c1-11(18)13-6-7-14(15(10-13)20-3)21-12(2)16(19)17-8-4-5-9-17/h6-7,10-12,18H,4-5,8-9H2,1-3H3/t11-,12?/m1/s1. The van der Waals surface area contributed by atoms with Crippen molar-refractivity contribution < 1.29 is 19.4 Å². The van der Waals surface area contributed by atoms with Crippen molar-refractivity contribution >= 4 is 5.91 Å².